The summed E-state index contributed by atoms with van der Waals surface area (Å²) < 4.78 is 0.545. The number of anilines is 1. The monoisotopic (exact) mass is 302 g/mol. The molecule has 106 valence electrons. The Morgan fingerprint density at radius 2 is 2.10 bits per heavy atom. The number of carboxylic acids is 1. The predicted molar refractivity (Wildman–Crippen MR) is 77.6 cm³/mol. The number of hydrogen-bond donors (Lipinski definition) is 3. The van der Waals surface area contributed by atoms with Crippen LogP contribution in [0, 0.1) is 0 Å². The van der Waals surface area contributed by atoms with Gasteiger partial charge in [-0.3, -0.25) is 0 Å². The molecule has 0 radical (unpaired) electrons. The topological polar surface area (TPSA) is 108 Å². The Morgan fingerprint density at radius 3 is 2.86 bits per heavy atom. The molecule has 7 nitrogen and oxygen atoms in total. The lowest BCUT2D eigenvalue weighted by Crippen LogP contribution is -2.09. The van der Waals surface area contributed by atoms with Gasteiger partial charge in [-0.15, -0.1) is 11.3 Å². The molecular weight excluding hydrogens is 292 g/mol. The van der Waals surface area contributed by atoms with Gasteiger partial charge in [-0.1, -0.05) is 6.07 Å². The minimum Gasteiger partial charge on any atom is -0.493 e. The maximum absolute atomic E-state index is 11.2. The van der Waals surface area contributed by atoms with Gasteiger partial charge in [0.2, 0.25) is 11.8 Å². The van der Waals surface area contributed by atoms with Crippen molar-refractivity contribution in [3.8, 4) is 5.88 Å². The maximum Gasteiger partial charge on any atom is 0.356 e. The first-order valence-electron chi connectivity index (χ1n) is 6.01. The number of aromatic hydroxyl groups is 1. The molecular formula is C13H10N4O3S. The Hall–Kier alpha value is -2.74. The molecule has 8 heteroatoms. The Morgan fingerprint density at radius 1 is 1.24 bits per heavy atom. The smallest absolute Gasteiger partial charge is 0.356 e. The fourth-order valence-electron chi connectivity index (χ4n) is 1.82. The van der Waals surface area contributed by atoms with Crippen LogP contribution in [0.1, 0.15) is 16.2 Å². The molecule has 3 N–H and O–H groups in total. The molecule has 0 saturated heterocycles. The highest BCUT2D eigenvalue weighted by Crippen LogP contribution is 2.23. The van der Waals surface area contributed by atoms with E-state index in [0.29, 0.717) is 15.9 Å². The first kappa shape index (κ1) is 13.3. The van der Waals surface area contributed by atoms with Crippen molar-refractivity contribution in [2.45, 2.75) is 6.54 Å². The molecule has 3 rings (SSSR count). The second kappa shape index (κ2) is 5.33. The van der Waals surface area contributed by atoms with Crippen molar-refractivity contribution in [2.75, 3.05) is 5.32 Å². The van der Waals surface area contributed by atoms with E-state index in [0.717, 1.165) is 0 Å². The molecule has 0 aromatic carbocycles. The number of fused-ring (bicyclic) bond motifs is 1. The average Bonchev–Trinajstić information content (AvgIpc) is 2.92. The van der Waals surface area contributed by atoms with Gasteiger partial charge in [-0.2, -0.15) is 0 Å². The molecule has 0 aliphatic heterocycles. The van der Waals surface area contributed by atoms with E-state index < -0.39 is 5.97 Å². The molecule has 0 atom stereocenters. The van der Waals surface area contributed by atoms with Gasteiger partial charge >= 0.3 is 5.97 Å². The van der Waals surface area contributed by atoms with Crippen LogP contribution in [0.4, 0.5) is 5.95 Å². The third-order valence-electron chi connectivity index (χ3n) is 2.73. The summed E-state index contributed by atoms with van der Waals surface area (Å²) in [6.45, 7) is 0.281. The van der Waals surface area contributed by atoms with Crippen LogP contribution in [0.3, 0.4) is 0 Å². The second-order valence-corrected chi connectivity index (χ2v) is 5.09. The van der Waals surface area contributed by atoms with E-state index in [4.69, 9.17) is 0 Å². The van der Waals surface area contributed by atoms with Crippen LogP contribution in [0.15, 0.2) is 29.6 Å². The number of rotatable bonds is 4. The van der Waals surface area contributed by atoms with Gasteiger partial charge in [0, 0.05) is 6.07 Å². The molecule has 0 aliphatic rings. The number of pyridine rings is 1. The summed E-state index contributed by atoms with van der Waals surface area (Å²) in [5.74, 6) is -0.957. The van der Waals surface area contributed by atoms with Gasteiger partial charge in [-0.05, 0) is 17.5 Å². The highest BCUT2D eigenvalue weighted by atomic mass is 32.1. The third-order valence-corrected chi connectivity index (χ3v) is 3.64. The van der Waals surface area contributed by atoms with Crippen molar-refractivity contribution in [3.05, 3.63) is 41.0 Å². The molecule has 0 aliphatic carbocycles. The zero-order valence-electron chi connectivity index (χ0n) is 10.6. The number of thiophene rings is 1. The molecule has 3 aromatic rings. The SMILES string of the molecule is O=C(O)c1nc(NCc2cccc(O)n2)nc2ccsc12. The van der Waals surface area contributed by atoms with E-state index in [1.807, 2.05) is 0 Å². The first-order valence-corrected chi connectivity index (χ1v) is 6.89. The number of aromatic nitrogens is 3. The maximum atomic E-state index is 11.2. The normalized spacial score (nSPS) is 10.7. The number of nitrogens with one attached hydrogen (secondary N) is 1. The van der Waals surface area contributed by atoms with E-state index >= 15 is 0 Å². The summed E-state index contributed by atoms with van der Waals surface area (Å²) in [6.07, 6.45) is 0. The van der Waals surface area contributed by atoms with Crippen molar-refractivity contribution in [1.82, 2.24) is 15.0 Å². The fraction of sp³-hybridized carbons (Fsp3) is 0.0769. The molecule has 0 bridgehead atoms. The highest BCUT2D eigenvalue weighted by Gasteiger charge is 2.14. The predicted octanol–water partition coefficient (Wildman–Crippen LogP) is 2.10. The van der Waals surface area contributed by atoms with Gasteiger partial charge in [0.1, 0.15) is 0 Å². The van der Waals surface area contributed by atoms with Crippen LogP contribution in [0.2, 0.25) is 0 Å². The molecule has 21 heavy (non-hydrogen) atoms. The van der Waals surface area contributed by atoms with Crippen molar-refractivity contribution < 1.29 is 15.0 Å². The number of carboxylic acid groups (broad SMARTS) is 1. The number of hydrogen-bond acceptors (Lipinski definition) is 7. The largest absolute Gasteiger partial charge is 0.493 e. The zero-order valence-corrected chi connectivity index (χ0v) is 11.5. The van der Waals surface area contributed by atoms with Crippen LogP contribution in [-0.2, 0) is 6.54 Å². The van der Waals surface area contributed by atoms with Crippen molar-refractivity contribution in [2.24, 2.45) is 0 Å². The molecule has 0 spiro atoms. The molecule has 0 unspecified atom stereocenters. The van der Waals surface area contributed by atoms with Crippen molar-refractivity contribution in [3.63, 3.8) is 0 Å². The lowest BCUT2D eigenvalue weighted by atomic mass is 10.3. The summed E-state index contributed by atoms with van der Waals surface area (Å²) in [7, 11) is 0. The van der Waals surface area contributed by atoms with Crippen LogP contribution < -0.4 is 5.32 Å². The highest BCUT2D eigenvalue weighted by molar-refractivity contribution is 7.17. The first-order chi connectivity index (χ1) is 10.1. The minimum absolute atomic E-state index is 0.0265. The quantitative estimate of drug-likeness (QED) is 0.677. The van der Waals surface area contributed by atoms with Crippen molar-refractivity contribution >= 4 is 33.5 Å². The van der Waals surface area contributed by atoms with E-state index in [1.54, 1.807) is 23.6 Å². The van der Waals surface area contributed by atoms with Crippen LogP contribution >= 0.6 is 11.3 Å². The van der Waals surface area contributed by atoms with E-state index in [2.05, 4.69) is 20.3 Å². The van der Waals surface area contributed by atoms with Crippen molar-refractivity contribution in [1.29, 1.82) is 0 Å². The number of aromatic carboxylic acids is 1. The standard InChI is InChI=1S/C13H10N4O3S/c18-9-3-1-2-7(15-9)6-14-13-16-8-4-5-21-11(8)10(17-13)12(19)20/h1-5H,6H2,(H,15,18)(H,19,20)(H,14,16,17). The van der Waals surface area contributed by atoms with Crippen LogP contribution in [-0.4, -0.2) is 31.1 Å². The molecule has 0 amide bonds. The van der Waals surface area contributed by atoms with Crippen LogP contribution in [0.5, 0.6) is 5.88 Å². The van der Waals surface area contributed by atoms with Gasteiger partial charge in [0.05, 0.1) is 22.5 Å². The Bertz CT molecular complexity index is 818. The third kappa shape index (κ3) is 2.75. The van der Waals surface area contributed by atoms with Gasteiger partial charge < -0.3 is 15.5 Å². The van der Waals surface area contributed by atoms with Crippen LogP contribution in [0.25, 0.3) is 10.2 Å². The molecule has 0 saturated carbocycles. The van der Waals surface area contributed by atoms with E-state index in [-0.39, 0.29) is 24.1 Å². The summed E-state index contributed by atoms with van der Waals surface area (Å²) in [4.78, 5) is 23.4. The fourth-order valence-corrected chi connectivity index (χ4v) is 2.63. The molecule has 0 fully saturated rings. The van der Waals surface area contributed by atoms with Gasteiger partial charge in [0.15, 0.2) is 5.69 Å². The molecule has 3 heterocycles. The van der Waals surface area contributed by atoms with E-state index in [9.17, 15) is 15.0 Å². The van der Waals surface area contributed by atoms with E-state index in [1.165, 1.54) is 17.4 Å². The zero-order chi connectivity index (χ0) is 14.8. The Kier molecular flexibility index (Phi) is 3.36. The van der Waals surface area contributed by atoms with Gasteiger partial charge in [-0.25, -0.2) is 19.7 Å². The summed E-state index contributed by atoms with van der Waals surface area (Å²) in [6, 6.07) is 6.62. The summed E-state index contributed by atoms with van der Waals surface area (Å²) >= 11 is 1.29. The average molecular weight is 302 g/mol. The lowest BCUT2D eigenvalue weighted by molar-refractivity contribution is 0.0693. The second-order valence-electron chi connectivity index (χ2n) is 4.18. The lowest BCUT2D eigenvalue weighted by Gasteiger charge is -2.06. The number of carbonyl (C=O) groups is 1. The number of nitrogens with zero attached hydrogens (tertiary/aromatic N) is 3. The minimum atomic E-state index is -1.09. The Labute approximate surface area is 122 Å². The Balaban J connectivity index is 1.88. The summed E-state index contributed by atoms with van der Waals surface area (Å²) in [5, 5.41) is 23.2. The van der Waals surface area contributed by atoms with Gasteiger partial charge in [0.25, 0.3) is 0 Å². The summed E-state index contributed by atoms with van der Waals surface area (Å²) in [5.41, 5.74) is 1.15. The molecule has 3 aromatic heterocycles.